The molecular weight excluding hydrogens is 255 g/mol. The maximum absolute atomic E-state index is 11.1. The molecule has 7 heteroatoms. The second kappa shape index (κ2) is 8.85. The number of halogens is 1. The van der Waals surface area contributed by atoms with E-state index in [-0.39, 0.29) is 6.07 Å². The van der Waals surface area contributed by atoms with Crippen molar-refractivity contribution in [2.24, 2.45) is 0 Å². The van der Waals surface area contributed by atoms with E-state index in [4.69, 9.17) is 16.1 Å². The first-order chi connectivity index (χ1) is 7.45. The molecular formula is C9H18ClO5P. The summed E-state index contributed by atoms with van der Waals surface area (Å²) in [5.74, 6) is 0. The van der Waals surface area contributed by atoms with Crippen molar-refractivity contribution in [2.75, 3.05) is 32.6 Å². The largest absolute Gasteiger partial charge is 0.509 e. The Morgan fingerprint density at radius 2 is 1.75 bits per heavy atom. The maximum Gasteiger partial charge on any atom is 0.509 e. The molecule has 0 aromatic carbocycles. The minimum Gasteiger partial charge on any atom is -0.434 e. The number of carbonyl (C=O) groups excluding carboxylic acids is 1. The van der Waals surface area contributed by atoms with Crippen LogP contribution in [0.5, 0.6) is 0 Å². The van der Waals surface area contributed by atoms with Crippen LogP contribution < -0.4 is 0 Å². The summed E-state index contributed by atoms with van der Waals surface area (Å²) in [6, 6.07) is -0.199. The molecule has 0 saturated carbocycles. The Kier molecular flexibility index (Phi) is 8.71. The topological polar surface area (TPSA) is 61.8 Å². The second-order valence-electron chi connectivity index (χ2n) is 3.50. The fraction of sp³-hybridized carbons (Fsp3) is 0.889. The Balaban J connectivity index is 3.22. The molecule has 0 heterocycles. The highest BCUT2D eigenvalue weighted by Gasteiger charge is 2.05. The third-order valence-electron chi connectivity index (χ3n) is 1.58. The molecule has 5 nitrogen and oxygen atoms in total. The molecule has 0 unspecified atom stereocenters. The number of unbranched alkanes of at least 4 members (excludes halogenated alkanes) is 2. The van der Waals surface area contributed by atoms with Gasteiger partial charge in [-0.05, 0) is 19.3 Å². The summed E-state index contributed by atoms with van der Waals surface area (Å²) < 4.78 is 25.3. The van der Waals surface area contributed by atoms with Crippen molar-refractivity contribution < 1.29 is 23.4 Å². The minimum absolute atomic E-state index is 0.199. The van der Waals surface area contributed by atoms with Crippen LogP contribution in [0.4, 0.5) is 4.79 Å². The van der Waals surface area contributed by atoms with Crippen molar-refractivity contribution in [1.82, 2.24) is 0 Å². The van der Waals surface area contributed by atoms with Gasteiger partial charge in [0.2, 0.25) is 0 Å². The van der Waals surface area contributed by atoms with Crippen LogP contribution in [0.2, 0.25) is 0 Å². The van der Waals surface area contributed by atoms with Gasteiger partial charge in [0, 0.05) is 13.3 Å². The highest BCUT2D eigenvalue weighted by Crippen LogP contribution is 2.37. The zero-order valence-electron chi connectivity index (χ0n) is 9.61. The van der Waals surface area contributed by atoms with E-state index in [1.54, 1.807) is 13.3 Å². The van der Waals surface area contributed by atoms with E-state index in [2.05, 4.69) is 9.47 Å². The Morgan fingerprint density at radius 3 is 2.31 bits per heavy atom. The van der Waals surface area contributed by atoms with Crippen molar-refractivity contribution in [3.63, 3.8) is 0 Å². The molecule has 96 valence electrons. The number of carbonyl (C=O) groups is 1. The molecule has 0 aliphatic carbocycles. The average Bonchev–Trinajstić information content (AvgIpc) is 2.15. The van der Waals surface area contributed by atoms with Crippen molar-refractivity contribution >= 4 is 25.1 Å². The zero-order valence-corrected chi connectivity index (χ0v) is 11.3. The molecule has 0 atom stereocenters. The standard InChI is InChI=1S/C9H18ClO5P/c1-16(2,12)15-7-5-3-4-6-13-9(11)14-8-10/h3-8H2,1-2H3. The first-order valence-corrected chi connectivity index (χ1v) is 8.06. The SMILES string of the molecule is CP(C)(=O)OCCCCCOC(=O)OCCl. The van der Waals surface area contributed by atoms with Gasteiger partial charge in [0.15, 0.2) is 13.4 Å². The van der Waals surface area contributed by atoms with Crippen LogP contribution in [0.25, 0.3) is 0 Å². The molecule has 0 fully saturated rings. The van der Waals surface area contributed by atoms with Gasteiger partial charge in [-0.2, -0.15) is 0 Å². The van der Waals surface area contributed by atoms with Gasteiger partial charge in [-0.15, -0.1) is 0 Å². The number of alkyl halides is 1. The maximum atomic E-state index is 11.1. The number of rotatable bonds is 8. The Bertz CT molecular complexity index is 240. The predicted molar refractivity (Wildman–Crippen MR) is 62.4 cm³/mol. The fourth-order valence-corrected chi connectivity index (χ4v) is 1.56. The predicted octanol–water partition coefficient (Wildman–Crippen LogP) is 3.06. The molecule has 0 spiro atoms. The molecule has 16 heavy (non-hydrogen) atoms. The number of ether oxygens (including phenoxy) is 2. The third-order valence-corrected chi connectivity index (χ3v) is 2.50. The van der Waals surface area contributed by atoms with Gasteiger partial charge < -0.3 is 14.0 Å². The van der Waals surface area contributed by atoms with E-state index in [0.29, 0.717) is 13.2 Å². The van der Waals surface area contributed by atoms with Gasteiger partial charge in [-0.3, -0.25) is 4.57 Å². The lowest BCUT2D eigenvalue weighted by Crippen LogP contribution is -2.07. The van der Waals surface area contributed by atoms with Crippen LogP contribution in [-0.2, 0) is 18.6 Å². The van der Waals surface area contributed by atoms with Crippen LogP contribution in [0.1, 0.15) is 19.3 Å². The molecule has 0 amide bonds. The highest BCUT2D eigenvalue weighted by atomic mass is 35.5. The highest BCUT2D eigenvalue weighted by molar-refractivity contribution is 7.57. The summed E-state index contributed by atoms with van der Waals surface area (Å²) in [4.78, 5) is 10.7. The summed E-state index contributed by atoms with van der Waals surface area (Å²) >= 11 is 5.15. The quantitative estimate of drug-likeness (QED) is 0.294. The number of hydrogen-bond donors (Lipinski definition) is 0. The van der Waals surface area contributed by atoms with Gasteiger partial charge in [0.05, 0.1) is 13.2 Å². The molecule has 0 aromatic heterocycles. The summed E-state index contributed by atoms with van der Waals surface area (Å²) in [6.07, 6.45) is 1.60. The summed E-state index contributed by atoms with van der Waals surface area (Å²) in [5.41, 5.74) is 0. The van der Waals surface area contributed by atoms with Crippen molar-refractivity contribution in [2.45, 2.75) is 19.3 Å². The lowest BCUT2D eigenvalue weighted by atomic mass is 10.2. The normalized spacial score (nSPS) is 11.2. The molecule has 0 saturated heterocycles. The van der Waals surface area contributed by atoms with Crippen molar-refractivity contribution in [1.29, 1.82) is 0 Å². The van der Waals surface area contributed by atoms with E-state index in [1.807, 2.05) is 0 Å². The molecule has 0 aliphatic heterocycles. The van der Waals surface area contributed by atoms with E-state index >= 15 is 0 Å². The van der Waals surface area contributed by atoms with Gasteiger partial charge in [-0.25, -0.2) is 4.79 Å². The van der Waals surface area contributed by atoms with Crippen LogP contribution in [0.15, 0.2) is 0 Å². The Labute approximate surface area is 101 Å². The van der Waals surface area contributed by atoms with E-state index in [0.717, 1.165) is 19.3 Å². The zero-order chi connectivity index (χ0) is 12.4. The molecule has 0 radical (unpaired) electrons. The van der Waals surface area contributed by atoms with Crippen LogP contribution >= 0.6 is 19.0 Å². The van der Waals surface area contributed by atoms with E-state index < -0.39 is 13.5 Å². The lowest BCUT2D eigenvalue weighted by Gasteiger charge is -2.07. The van der Waals surface area contributed by atoms with E-state index in [1.165, 1.54) is 0 Å². The molecule has 0 bridgehead atoms. The van der Waals surface area contributed by atoms with Crippen molar-refractivity contribution in [3.05, 3.63) is 0 Å². The second-order valence-corrected chi connectivity index (χ2v) is 6.48. The van der Waals surface area contributed by atoms with E-state index in [9.17, 15) is 9.36 Å². The van der Waals surface area contributed by atoms with Gasteiger partial charge in [-0.1, -0.05) is 11.6 Å². The summed E-state index contributed by atoms with van der Waals surface area (Å²) in [5, 5.41) is 0. The van der Waals surface area contributed by atoms with Crippen LogP contribution in [0.3, 0.4) is 0 Å². The van der Waals surface area contributed by atoms with Gasteiger partial charge in [0.25, 0.3) is 0 Å². The third kappa shape index (κ3) is 11.8. The average molecular weight is 273 g/mol. The minimum atomic E-state index is -2.37. The Hall–Kier alpha value is -0.250. The van der Waals surface area contributed by atoms with Crippen LogP contribution in [0, 0.1) is 0 Å². The fourth-order valence-electron chi connectivity index (χ4n) is 0.907. The first-order valence-electron chi connectivity index (χ1n) is 5.01. The molecule has 0 N–H and O–H groups in total. The van der Waals surface area contributed by atoms with Crippen molar-refractivity contribution in [3.8, 4) is 0 Å². The molecule has 0 aliphatic rings. The molecule has 0 rings (SSSR count). The van der Waals surface area contributed by atoms with Crippen LogP contribution in [-0.4, -0.2) is 38.8 Å². The Morgan fingerprint density at radius 1 is 1.12 bits per heavy atom. The summed E-state index contributed by atoms with van der Waals surface area (Å²) in [7, 11) is -2.37. The van der Waals surface area contributed by atoms with Gasteiger partial charge >= 0.3 is 6.16 Å². The lowest BCUT2D eigenvalue weighted by molar-refractivity contribution is 0.0662. The monoisotopic (exact) mass is 272 g/mol. The first kappa shape index (κ1) is 15.8. The number of hydrogen-bond acceptors (Lipinski definition) is 5. The smallest absolute Gasteiger partial charge is 0.434 e. The summed E-state index contributed by atoms with van der Waals surface area (Å²) in [6.45, 7) is 3.93. The molecule has 0 aromatic rings. The van der Waals surface area contributed by atoms with Gasteiger partial charge in [0.1, 0.15) is 0 Å².